The first-order valence-corrected chi connectivity index (χ1v) is 8.99. The average molecular weight is 377 g/mol. The summed E-state index contributed by atoms with van der Waals surface area (Å²) in [7, 11) is 1.61. The molecule has 0 saturated carbocycles. The van der Waals surface area contributed by atoms with E-state index >= 15 is 0 Å². The molecule has 0 aliphatic carbocycles. The molecule has 0 bridgehead atoms. The predicted molar refractivity (Wildman–Crippen MR) is 109 cm³/mol. The van der Waals surface area contributed by atoms with Gasteiger partial charge in [0.05, 0.1) is 6.54 Å². The number of carbonyl (C=O) groups is 2. The van der Waals surface area contributed by atoms with E-state index in [4.69, 9.17) is 0 Å². The summed E-state index contributed by atoms with van der Waals surface area (Å²) in [4.78, 5) is 26.1. The molecule has 0 spiro atoms. The van der Waals surface area contributed by atoms with E-state index < -0.39 is 6.04 Å². The van der Waals surface area contributed by atoms with Crippen molar-refractivity contribution in [2.24, 2.45) is 0 Å². The van der Waals surface area contributed by atoms with Crippen LogP contribution >= 0.6 is 0 Å². The van der Waals surface area contributed by atoms with E-state index in [2.05, 4.69) is 15.7 Å². The highest BCUT2D eigenvalue weighted by atomic mass is 16.2. The topological polar surface area (TPSA) is 79.3 Å². The standard InChI is InChI=1S/C21H23N5O2/c1-16(26-14-6-13-22-26)21(28)25(2)15-20(27)24-19-11-9-18(10-12-19)23-17-7-4-3-5-8-17/h3-14,16,23H,15H2,1-2H3,(H,24,27). The maximum Gasteiger partial charge on any atom is 0.247 e. The van der Waals surface area contributed by atoms with Crippen molar-refractivity contribution in [2.45, 2.75) is 13.0 Å². The summed E-state index contributed by atoms with van der Waals surface area (Å²) in [5.74, 6) is -0.437. The molecule has 3 rings (SSSR count). The van der Waals surface area contributed by atoms with Gasteiger partial charge in [-0.1, -0.05) is 18.2 Å². The number of nitrogens with one attached hydrogen (secondary N) is 2. The molecule has 1 unspecified atom stereocenters. The molecule has 0 fully saturated rings. The summed E-state index contributed by atoms with van der Waals surface area (Å²) in [6.45, 7) is 1.72. The first-order chi connectivity index (χ1) is 13.5. The minimum Gasteiger partial charge on any atom is -0.356 e. The first kappa shape index (κ1) is 19.2. The van der Waals surface area contributed by atoms with E-state index in [1.807, 2.05) is 54.6 Å². The molecule has 0 aliphatic rings. The van der Waals surface area contributed by atoms with Crippen molar-refractivity contribution in [1.82, 2.24) is 14.7 Å². The lowest BCUT2D eigenvalue weighted by Gasteiger charge is -2.21. The Kier molecular flexibility index (Phi) is 6.06. The molecule has 0 saturated heterocycles. The molecule has 7 heteroatoms. The smallest absolute Gasteiger partial charge is 0.247 e. The lowest BCUT2D eigenvalue weighted by molar-refractivity contribution is -0.136. The fourth-order valence-corrected chi connectivity index (χ4v) is 2.76. The average Bonchev–Trinajstić information content (AvgIpc) is 3.24. The van der Waals surface area contributed by atoms with Gasteiger partial charge >= 0.3 is 0 Å². The zero-order valence-corrected chi connectivity index (χ0v) is 15.9. The van der Waals surface area contributed by atoms with E-state index in [-0.39, 0.29) is 18.4 Å². The van der Waals surface area contributed by atoms with Gasteiger partial charge in [-0.3, -0.25) is 14.3 Å². The van der Waals surface area contributed by atoms with Gasteiger partial charge in [-0.15, -0.1) is 0 Å². The molecule has 0 radical (unpaired) electrons. The number of benzene rings is 2. The summed E-state index contributed by atoms with van der Waals surface area (Å²) in [6, 6.07) is 18.5. The van der Waals surface area contributed by atoms with Crippen molar-refractivity contribution in [1.29, 1.82) is 0 Å². The second-order valence-electron chi connectivity index (χ2n) is 6.47. The highest BCUT2D eigenvalue weighted by Gasteiger charge is 2.21. The Morgan fingerprint density at radius 1 is 1.00 bits per heavy atom. The van der Waals surface area contributed by atoms with Crippen molar-refractivity contribution in [3.8, 4) is 0 Å². The van der Waals surface area contributed by atoms with E-state index in [1.165, 1.54) is 4.90 Å². The number of hydrogen-bond donors (Lipinski definition) is 2. The number of amides is 2. The van der Waals surface area contributed by atoms with E-state index in [9.17, 15) is 9.59 Å². The Balaban J connectivity index is 1.52. The van der Waals surface area contributed by atoms with Crippen molar-refractivity contribution in [3.63, 3.8) is 0 Å². The Bertz CT molecular complexity index is 908. The van der Waals surface area contributed by atoms with Crippen LogP contribution in [0.25, 0.3) is 0 Å². The Labute approximate surface area is 164 Å². The highest BCUT2D eigenvalue weighted by Crippen LogP contribution is 2.18. The number of hydrogen-bond acceptors (Lipinski definition) is 4. The van der Waals surface area contributed by atoms with Crippen LogP contribution in [0.2, 0.25) is 0 Å². The van der Waals surface area contributed by atoms with Crippen LogP contribution in [0.4, 0.5) is 17.1 Å². The van der Waals surface area contributed by atoms with Gasteiger partial charge < -0.3 is 15.5 Å². The van der Waals surface area contributed by atoms with E-state index in [0.717, 1.165) is 11.4 Å². The predicted octanol–water partition coefficient (Wildman–Crippen LogP) is 3.28. The monoisotopic (exact) mass is 377 g/mol. The fraction of sp³-hybridized carbons (Fsp3) is 0.190. The van der Waals surface area contributed by atoms with Crippen molar-refractivity contribution in [3.05, 3.63) is 73.1 Å². The second-order valence-corrected chi connectivity index (χ2v) is 6.47. The third kappa shape index (κ3) is 4.97. The zero-order chi connectivity index (χ0) is 19.9. The Hall–Kier alpha value is -3.61. The van der Waals surface area contributed by atoms with Crippen molar-refractivity contribution < 1.29 is 9.59 Å². The van der Waals surface area contributed by atoms with E-state index in [0.29, 0.717) is 5.69 Å². The van der Waals surface area contributed by atoms with Crippen LogP contribution in [-0.2, 0) is 9.59 Å². The third-order valence-corrected chi connectivity index (χ3v) is 4.27. The fourth-order valence-electron chi connectivity index (χ4n) is 2.76. The van der Waals surface area contributed by atoms with Gasteiger partial charge in [0.1, 0.15) is 6.04 Å². The highest BCUT2D eigenvalue weighted by molar-refractivity contribution is 5.95. The quantitative estimate of drug-likeness (QED) is 0.662. The number of anilines is 3. The van der Waals surface area contributed by atoms with Gasteiger partial charge in [-0.25, -0.2) is 0 Å². The van der Waals surface area contributed by atoms with Gasteiger partial charge in [0.2, 0.25) is 11.8 Å². The summed E-state index contributed by atoms with van der Waals surface area (Å²) in [5, 5.41) is 10.2. The number of aromatic nitrogens is 2. The van der Waals surface area contributed by atoms with E-state index in [1.54, 1.807) is 37.1 Å². The van der Waals surface area contributed by atoms with Crippen LogP contribution in [0.3, 0.4) is 0 Å². The first-order valence-electron chi connectivity index (χ1n) is 8.99. The normalized spacial score (nSPS) is 11.5. The van der Waals surface area contributed by atoms with Gasteiger partial charge in [0, 0.05) is 36.5 Å². The maximum absolute atomic E-state index is 12.4. The number of para-hydroxylation sites is 1. The van der Waals surface area contributed by atoms with Crippen LogP contribution < -0.4 is 10.6 Å². The molecule has 1 aromatic heterocycles. The second kappa shape index (κ2) is 8.85. The third-order valence-electron chi connectivity index (χ3n) is 4.27. The number of carbonyl (C=O) groups excluding carboxylic acids is 2. The molecular weight excluding hydrogens is 354 g/mol. The molecule has 2 aromatic carbocycles. The van der Waals surface area contributed by atoms with Crippen molar-refractivity contribution in [2.75, 3.05) is 24.2 Å². The van der Waals surface area contributed by atoms with Gasteiger partial charge in [-0.2, -0.15) is 5.10 Å². The SMILES string of the molecule is CC(C(=O)N(C)CC(=O)Nc1ccc(Nc2ccccc2)cc1)n1cccn1. The van der Waals surface area contributed by atoms with Crippen LogP contribution in [-0.4, -0.2) is 40.1 Å². The lowest BCUT2D eigenvalue weighted by Crippen LogP contribution is -2.38. The zero-order valence-electron chi connectivity index (χ0n) is 15.9. The van der Waals surface area contributed by atoms with Gasteiger partial charge in [0.25, 0.3) is 0 Å². The summed E-state index contributed by atoms with van der Waals surface area (Å²) in [5.41, 5.74) is 2.58. The number of nitrogens with zero attached hydrogens (tertiary/aromatic N) is 3. The minimum absolute atomic E-state index is 0.0333. The van der Waals surface area contributed by atoms with Gasteiger partial charge in [0.15, 0.2) is 0 Å². The summed E-state index contributed by atoms with van der Waals surface area (Å²) in [6.07, 6.45) is 3.34. The molecule has 28 heavy (non-hydrogen) atoms. The summed E-state index contributed by atoms with van der Waals surface area (Å²) >= 11 is 0. The van der Waals surface area contributed by atoms with Crippen LogP contribution in [0.1, 0.15) is 13.0 Å². The number of likely N-dealkylation sites (N-methyl/N-ethyl adjacent to an activating group) is 1. The van der Waals surface area contributed by atoms with Crippen LogP contribution in [0.15, 0.2) is 73.1 Å². The maximum atomic E-state index is 12.4. The largest absolute Gasteiger partial charge is 0.356 e. The van der Waals surface area contributed by atoms with Crippen molar-refractivity contribution >= 4 is 28.9 Å². The molecule has 144 valence electrons. The van der Waals surface area contributed by atoms with Crippen LogP contribution in [0, 0.1) is 0 Å². The molecule has 2 amide bonds. The molecule has 3 aromatic rings. The Morgan fingerprint density at radius 2 is 1.64 bits per heavy atom. The minimum atomic E-state index is -0.462. The molecule has 0 aliphatic heterocycles. The molecule has 1 atom stereocenters. The molecule has 7 nitrogen and oxygen atoms in total. The van der Waals surface area contributed by atoms with Gasteiger partial charge in [-0.05, 0) is 49.4 Å². The molecular formula is C21H23N5O2. The summed E-state index contributed by atoms with van der Waals surface area (Å²) < 4.78 is 1.56. The Morgan fingerprint density at radius 3 is 2.29 bits per heavy atom. The lowest BCUT2D eigenvalue weighted by atomic mass is 10.2. The molecule has 1 heterocycles. The number of rotatable bonds is 7. The van der Waals surface area contributed by atoms with Crippen LogP contribution in [0.5, 0.6) is 0 Å². The molecule has 2 N–H and O–H groups in total.